The predicted molar refractivity (Wildman–Crippen MR) is 79.8 cm³/mol. The number of benzene rings is 1. The average molecular weight is 258 g/mol. The van der Waals surface area contributed by atoms with Gasteiger partial charge < -0.3 is 10.2 Å². The minimum absolute atomic E-state index is 0.554. The molecule has 0 saturated heterocycles. The quantitative estimate of drug-likeness (QED) is 0.904. The number of rotatable bonds is 3. The molecule has 0 aliphatic carbocycles. The number of hydrogen-bond acceptors (Lipinski definition) is 3. The van der Waals surface area contributed by atoms with Crippen LogP contribution in [0.1, 0.15) is 12.5 Å². The van der Waals surface area contributed by atoms with E-state index in [0.29, 0.717) is 6.04 Å². The molecular formula is C15H18N2S. The molecule has 1 atom stereocenters. The highest BCUT2D eigenvalue weighted by atomic mass is 32.1. The largest absolute Gasteiger partial charge is 0.381 e. The van der Waals surface area contributed by atoms with Crippen molar-refractivity contribution in [2.24, 2.45) is 0 Å². The van der Waals surface area contributed by atoms with Gasteiger partial charge in [0.25, 0.3) is 0 Å². The number of nitrogens with zero attached hydrogens (tertiary/aromatic N) is 1. The van der Waals surface area contributed by atoms with Crippen LogP contribution in [0.5, 0.6) is 0 Å². The van der Waals surface area contributed by atoms with E-state index < -0.39 is 0 Å². The molecule has 0 amide bonds. The number of thiophene rings is 1. The second-order valence-electron chi connectivity index (χ2n) is 4.82. The summed E-state index contributed by atoms with van der Waals surface area (Å²) in [5, 5.41) is 7.90. The van der Waals surface area contributed by atoms with E-state index in [4.69, 9.17) is 0 Å². The molecule has 3 heteroatoms. The summed E-state index contributed by atoms with van der Waals surface area (Å²) >= 11 is 1.78. The average Bonchev–Trinajstić information content (AvgIpc) is 2.91. The zero-order chi connectivity index (χ0) is 12.4. The Bertz CT molecular complexity index is 507. The lowest BCUT2D eigenvalue weighted by Gasteiger charge is -2.37. The summed E-state index contributed by atoms with van der Waals surface area (Å²) in [5.41, 5.74) is 4.05. The molecule has 2 nitrogen and oxygen atoms in total. The van der Waals surface area contributed by atoms with Crippen LogP contribution in [-0.2, 0) is 6.42 Å². The van der Waals surface area contributed by atoms with Gasteiger partial charge in [-0.2, -0.15) is 11.3 Å². The molecule has 18 heavy (non-hydrogen) atoms. The standard InChI is InChI=1S/C15H18N2S/c1-12-10-16-14-4-2-3-5-15(14)17(12)8-6-13-7-9-18-11-13/h2-5,7,9,11-12,16H,6,8,10H2,1H3. The Morgan fingerprint density at radius 3 is 3.06 bits per heavy atom. The molecule has 0 radical (unpaired) electrons. The summed E-state index contributed by atoms with van der Waals surface area (Å²) in [5.74, 6) is 0. The molecule has 2 heterocycles. The summed E-state index contributed by atoms with van der Waals surface area (Å²) in [6.45, 7) is 4.41. The highest BCUT2D eigenvalue weighted by Gasteiger charge is 2.21. The number of fused-ring (bicyclic) bond motifs is 1. The van der Waals surface area contributed by atoms with Crippen molar-refractivity contribution in [3.63, 3.8) is 0 Å². The third-order valence-corrected chi connectivity index (χ3v) is 4.29. The van der Waals surface area contributed by atoms with Crippen molar-refractivity contribution in [1.82, 2.24) is 0 Å². The Balaban J connectivity index is 1.78. The van der Waals surface area contributed by atoms with Crippen LogP contribution in [0, 0.1) is 0 Å². The lowest BCUT2D eigenvalue weighted by atomic mass is 10.1. The Morgan fingerprint density at radius 1 is 1.33 bits per heavy atom. The molecule has 0 fully saturated rings. The van der Waals surface area contributed by atoms with Crippen molar-refractivity contribution in [1.29, 1.82) is 0 Å². The lowest BCUT2D eigenvalue weighted by Crippen LogP contribution is -2.43. The minimum Gasteiger partial charge on any atom is -0.381 e. The van der Waals surface area contributed by atoms with Crippen LogP contribution >= 0.6 is 11.3 Å². The van der Waals surface area contributed by atoms with E-state index >= 15 is 0 Å². The maximum atomic E-state index is 3.50. The van der Waals surface area contributed by atoms with E-state index in [9.17, 15) is 0 Å². The summed E-state index contributed by atoms with van der Waals surface area (Å²) < 4.78 is 0. The number of hydrogen-bond donors (Lipinski definition) is 1. The van der Waals surface area contributed by atoms with Crippen LogP contribution in [0.2, 0.25) is 0 Å². The monoisotopic (exact) mass is 258 g/mol. The van der Waals surface area contributed by atoms with Gasteiger partial charge >= 0.3 is 0 Å². The molecular weight excluding hydrogens is 240 g/mol. The van der Waals surface area contributed by atoms with Crippen LogP contribution in [0.15, 0.2) is 41.1 Å². The van der Waals surface area contributed by atoms with E-state index in [2.05, 4.69) is 58.2 Å². The fraction of sp³-hybridized carbons (Fsp3) is 0.333. The highest BCUT2D eigenvalue weighted by Crippen LogP contribution is 2.31. The van der Waals surface area contributed by atoms with Crippen LogP contribution in [-0.4, -0.2) is 19.1 Å². The molecule has 1 aliphatic heterocycles. The maximum absolute atomic E-state index is 3.50. The third-order valence-electron chi connectivity index (χ3n) is 3.55. The minimum atomic E-state index is 0.554. The van der Waals surface area contributed by atoms with E-state index in [1.54, 1.807) is 11.3 Å². The van der Waals surface area contributed by atoms with Gasteiger partial charge in [-0.25, -0.2) is 0 Å². The fourth-order valence-corrected chi connectivity index (χ4v) is 3.21. The normalized spacial score (nSPS) is 18.3. The van der Waals surface area contributed by atoms with Crippen molar-refractivity contribution in [3.05, 3.63) is 46.7 Å². The molecule has 0 bridgehead atoms. The van der Waals surface area contributed by atoms with E-state index in [0.717, 1.165) is 19.5 Å². The Hall–Kier alpha value is -1.48. The first-order valence-corrected chi connectivity index (χ1v) is 7.39. The van der Waals surface area contributed by atoms with Gasteiger partial charge in [0.1, 0.15) is 0 Å². The number of anilines is 2. The van der Waals surface area contributed by atoms with Gasteiger partial charge in [0, 0.05) is 19.1 Å². The van der Waals surface area contributed by atoms with E-state index in [-0.39, 0.29) is 0 Å². The number of nitrogens with one attached hydrogen (secondary N) is 1. The van der Waals surface area contributed by atoms with Crippen molar-refractivity contribution in [2.75, 3.05) is 23.3 Å². The molecule has 1 aromatic carbocycles. The molecule has 0 spiro atoms. The topological polar surface area (TPSA) is 15.3 Å². The smallest absolute Gasteiger partial charge is 0.0605 e. The van der Waals surface area contributed by atoms with Crippen LogP contribution in [0.4, 0.5) is 11.4 Å². The van der Waals surface area contributed by atoms with Gasteiger partial charge in [-0.3, -0.25) is 0 Å². The van der Waals surface area contributed by atoms with Crippen LogP contribution in [0.25, 0.3) is 0 Å². The maximum Gasteiger partial charge on any atom is 0.0605 e. The van der Waals surface area contributed by atoms with Crippen molar-refractivity contribution < 1.29 is 0 Å². The molecule has 1 unspecified atom stereocenters. The molecule has 94 valence electrons. The van der Waals surface area contributed by atoms with Gasteiger partial charge in [0.05, 0.1) is 11.4 Å². The first-order chi connectivity index (χ1) is 8.84. The van der Waals surface area contributed by atoms with Gasteiger partial charge in [-0.1, -0.05) is 12.1 Å². The molecule has 0 saturated carbocycles. The first-order valence-electron chi connectivity index (χ1n) is 6.45. The Kier molecular flexibility index (Phi) is 3.24. The second kappa shape index (κ2) is 5.02. The van der Waals surface area contributed by atoms with Gasteiger partial charge in [-0.15, -0.1) is 0 Å². The summed E-state index contributed by atoms with van der Waals surface area (Å²) in [6, 6.07) is 11.4. The second-order valence-corrected chi connectivity index (χ2v) is 5.60. The van der Waals surface area contributed by atoms with E-state index in [1.807, 2.05) is 0 Å². The highest BCUT2D eigenvalue weighted by molar-refractivity contribution is 7.07. The molecule has 3 rings (SSSR count). The zero-order valence-corrected chi connectivity index (χ0v) is 11.4. The van der Waals surface area contributed by atoms with E-state index in [1.165, 1.54) is 16.9 Å². The summed E-state index contributed by atoms with van der Waals surface area (Å²) in [7, 11) is 0. The third kappa shape index (κ3) is 2.23. The van der Waals surface area contributed by atoms with Crippen LogP contribution < -0.4 is 10.2 Å². The Morgan fingerprint density at radius 2 is 2.22 bits per heavy atom. The van der Waals surface area contributed by atoms with Crippen molar-refractivity contribution in [2.45, 2.75) is 19.4 Å². The zero-order valence-electron chi connectivity index (χ0n) is 10.6. The lowest BCUT2D eigenvalue weighted by molar-refractivity contribution is 0.640. The SMILES string of the molecule is CC1CNc2ccccc2N1CCc1ccsc1. The first kappa shape index (κ1) is 11.6. The van der Waals surface area contributed by atoms with Gasteiger partial charge in [0.15, 0.2) is 0 Å². The molecule has 1 aromatic heterocycles. The van der Waals surface area contributed by atoms with Crippen LogP contribution in [0.3, 0.4) is 0 Å². The molecule has 2 aromatic rings. The van der Waals surface area contributed by atoms with Crippen molar-refractivity contribution >= 4 is 22.7 Å². The fourth-order valence-electron chi connectivity index (χ4n) is 2.50. The molecule has 1 N–H and O–H groups in total. The van der Waals surface area contributed by atoms with Crippen molar-refractivity contribution in [3.8, 4) is 0 Å². The van der Waals surface area contributed by atoms with Gasteiger partial charge in [-0.05, 0) is 47.9 Å². The number of para-hydroxylation sites is 2. The summed E-state index contributed by atoms with van der Waals surface area (Å²) in [4.78, 5) is 2.52. The van der Waals surface area contributed by atoms with Gasteiger partial charge in [0.2, 0.25) is 0 Å². The Labute approximate surface area is 112 Å². The predicted octanol–water partition coefficient (Wildman–Crippen LogP) is 3.61. The summed E-state index contributed by atoms with van der Waals surface area (Å²) in [6.07, 6.45) is 1.13. The molecule has 1 aliphatic rings.